The van der Waals surface area contributed by atoms with Crippen molar-refractivity contribution in [1.82, 2.24) is 4.90 Å². The van der Waals surface area contributed by atoms with Crippen molar-refractivity contribution in [2.24, 2.45) is 34.0 Å². The van der Waals surface area contributed by atoms with Crippen LogP contribution in [0.25, 0.3) is 0 Å². The smallest absolute Gasteiger partial charge is 0.458 e. The Bertz CT molecular complexity index is 1790. The van der Waals surface area contributed by atoms with Gasteiger partial charge in [0.05, 0.1) is 25.9 Å². The Morgan fingerprint density at radius 2 is 1.35 bits per heavy atom. The zero-order valence-electron chi connectivity index (χ0n) is 45.1. The molecule has 3 saturated carbocycles. The van der Waals surface area contributed by atoms with Crippen molar-refractivity contribution in [1.29, 1.82) is 0 Å². The van der Waals surface area contributed by atoms with Crippen LogP contribution in [0.3, 0.4) is 0 Å². The average Bonchev–Trinajstić information content (AvgIpc) is 3.58. The third-order valence-corrected chi connectivity index (χ3v) is 17.8. The number of rotatable bonds is 37. The first kappa shape index (κ1) is 61.3. The van der Waals surface area contributed by atoms with Crippen molar-refractivity contribution in [2.75, 3.05) is 53.7 Å². The van der Waals surface area contributed by atoms with Gasteiger partial charge in [-0.05, 0) is 88.4 Å². The van der Waals surface area contributed by atoms with Crippen LogP contribution < -0.4 is 0 Å². The van der Waals surface area contributed by atoms with Gasteiger partial charge in [-0.3, -0.25) is 28.2 Å². The number of carbonyl (C=O) groups excluding carboxylic acids is 4. The first-order valence-corrected chi connectivity index (χ1v) is 29.3. The Kier molecular flexibility index (Phi) is 25.6. The van der Waals surface area contributed by atoms with E-state index in [-0.39, 0.29) is 69.0 Å². The van der Waals surface area contributed by atoms with E-state index in [4.69, 9.17) is 23.3 Å². The highest BCUT2D eigenvalue weighted by Gasteiger charge is 2.72. The maximum atomic E-state index is 13.8. The van der Waals surface area contributed by atoms with E-state index in [9.17, 15) is 38.8 Å². The van der Waals surface area contributed by atoms with Crippen molar-refractivity contribution in [2.45, 2.75) is 219 Å². The van der Waals surface area contributed by atoms with Gasteiger partial charge in [-0.2, -0.15) is 0 Å². The summed E-state index contributed by atoms with van der Waals surface area (Å²) >= 11 is 0. The van der Waals surface area contributed by atoms with Gasteiger partial charge >= 0.3 is 19.8 Å². The van der Waals surface area contributed by atoms with Crippen molar-refractivity contribution in [3.63, 3.8) is 0 Å². The summed E-state index contributed by atoms with van der Waals surface area (Å²) < 4.78 is 39.7. The molecule has 408 valence electrons. The van der Waals surface area contributed by atoms with E-state index in [1.54, 1.807) is 12.2 Å². The van der Waals surface area contributed by atoms with Crippen LogP contribution in [-0.2, 0) is 47.0 Å². The summed E-state index contributed by atoms with van der Waals surface area (Å²) in [6.45, 7) is 10.7. The lowest BCUT2D eigenvalue weighted by Crippen LogP contribution is -2.66. The second kappa shape index (κ2) is 29.7. The van der Waals surface area contributed by atoms with E-state index in [0.29, 0.717) is 45.3 Å². The minimum Gasteiger partial charge on any atom is -0.458 e. The maximum Gasteiger partial charge on any atom is 0.472 e. The van der Waals surface area contributed by atoms with Crippen LogP contribution in [0.2, 0.25) is 0 Å². The number of fused-ring (bicyclic) bond motifs is 5. The predicted molar refractivity (Wildman–Crippen MR) is 276 cm³/mol. The molecule has 15 heteroatoms. The normalized spacial score (nSPS) is 29.2. The van der Waals surface area contributed by atoms with Gasteiger partial charge in [-0.1, -0.05) is 155 Å². The first-order valence-electron chi connectivity index (χ1n) is 27.8. The molecule has 4 aliphatic rings. The van der Waals surface area contributed by atoms with E-state index in [1.165, 1.54) is 77.0 Å². The molecule has 3 fully saturated rings. The number of Topliss-reactive ketones (excluding diaryl/α,β-unsaturated/α-hetero) is 1. The number of nitrogens with zero attached hydrogens (tertiary/aromatic N) is 1. The summed E-state index contributed by atoms with van der Waals surface area (Å²) in [6.07, 6.45) is 27.9. The van der Waals surface area contributed by atoms with E-state index < -0.39 is 66.2 Å². The summed E-state index contributed by atoms with van der Waals surface area (Å²) in [5, 5.41) is 24.1. The summed E-state index contributed by atoms with van der Waals surface area (Å²) in [5.74, 6) is -1.69. The lowest BCUT2D eigenvalue weighted by molar-refractivity contribution is -0.205. The second-order valence-corrected chi connectivity index (χ2v) is 24.2. The average molecular weight is 1020 g/mol. The van der Waals surface area contributed by atoms with Gasteiger partial charge in [0.2, 0.25) is 5.78 Å². The van der Waals surface area contributed by atoms with E-state index >= 15 is 0 Å². The Labute approximate surface area is 427 Å². The number of ether oxygens (including phenoxy) is 3. The summed E-state index contributed by atoms with van der Waals surface area (Å²) in [7, 11) is -0.722. The predicted octanol–water partition coefficient (Wildman–Crippen LogP) is 11.0. The fourth-order valence-corrected chi connectivity index (χ4v) is 13.9. The number of aliphatic hydroxyl groups excluding tert-OH is 1. The number of likely N-dealkylation sites (N-methyl/N-ethyl adjacent to an activating group) is 1. The van der Waals surface area contributed by atoms with E-state index in [2.05, 4.69) is 27.7 Å². The largest absolute Gasteiger partial charge is 0.472 e. The number of hydrogen-bond donors (Lipinski definition) is 3. The highest BCUT2D eigenvalue weighted by molar-refractivity contribution is 7.47. The van der Waals surface area contributed by atoms with Crippen molar-refractivity contribution < 1.29 is 62.1 Å². The lowest BCUT2D eigenvalue weighted by atomic mass is 9.39. The molecule has 71 heavy (non-hydrogen) atoms. The van der Waals surface area contributed by atoms with Gasteiger partial charge in [-0.15, -0.1) is 0 Å². The minimum absolute atomic E-state index is 0.00232. The summed E-state index contributed by atoms with van der Waals surface area (Å²) in [4.78, 5) is 63.9. The number of esters is 2. The van der Waals surface area contributed by atoms with E-state index in [0.717, 1.165) is 37.7 Å². The molecule has 10 atom stereocenters. The molecule has 4 rings (SSSR count). The molecular weight excluding hydrogens is 926 g/mol. The van der Waals surface area contributed by atoms with Gasteiger partial charge in [0.1, 0.15) is 11.7 Å². The molecule has 0 aromatic carbocycles. The molecule has 0 aromatic heterocycles. The highest BCUT2D eigenvalue weighted by atomic mass is 31.2. The molecule has 2 unspecified atom stereocenters. The van der Waals surface area contributed by atoms with Gasteiger partial charge in [0.15, 0.2) is 12.4 Å². The number of ketones is 2. The third-order valence-electron chi connectivity index (χ3n) is 16.8. The highest BCUT2D eigenvalue weighted by Crippen LogP contribution is 2.72. The van der Waals surface area contributed by atoms with Gasteiger partial charge in [-0.25, -0.2) is 4.57 Å². The Hall–Kier alpha value is -2.29. The quantitative estimate of drug-likeness (QED) is 0.0302. The zero-order valence-corrected chi connectivity index (χ0v) is 46.0. The van der Waals surface area contributed by atoms with Crippen LogP contribution in [-0.4, -0.2) is 115 Å². The Balaban J connectivity index is 1.11. The van der Waals surface area contributed by atoms with Crippen LogP contribution in [0, 0.1) is 34.0 Å². The number of aliphatic hydroxyl groups is 2. The molecular formula is C56H96NO13P. The fourth-order valence-electron chi connectivity index (χ4n) is 13.2. The Morgan fingerprint density at radius 1 is 0.789 bits per heavy atom. The molecule has 0 amide bonds. The van der Waals surface area contributed by atoms with Crippen LogP contribution in [0.4, 0.5) is 0 Å². The molecule has 0 aliphatic heterocycles. The third kappa shape index (κ3) is 17.9. The number of unbranched alkanes of at least 4 members (excludes halogenated alkanes) is 18. The molecule has 3 N–H and O–H groups in total. The summed E-state index contributed by atoms with van der Waals surface area (Å²) in [5.41, 5.74) is -2.54. The molecule has 0 saturated heterocycles. The summed E-state index contributed by atoms with van der Waals surface area (Å²) in [6, 6.07) is 0. The van der Waals surface area contributed by atoms with Gasteiger partial charge in [0, 0.05) is 42.7 Å². The molecule has 0 heterocycles. The number of allylic oxidation sites excluding steroid dienone is 4. The van der Waals surface area contributed by atoms with Crippen molar-refractivity contribution >= 4 is 31.3 Å². The van der Waals surface area contributed by atoms with E-state index in [1.807, 2.05) is 32.0 Å². The molecule has 14 nitrogen and oxygen atoms in total. The first-order chi connectivity index (χ1) is 33.7. The second-order valence-electron chi connectivity index (χ2n) is 22.7. The number of carbonyl (C=O) groups is 4. The van der Waals surface area contributed by atoms with Crippen molar-refractivity contribution in [3.8, 4) is 0 Å². The monoisotopic (exact) mass is 1020 g/mol. The SMILES string of the molecule is CCCCCCCCCCCCCCCCCOCC(COP(=O)(O)OCCN(C)C)OC(=O)CCCCCCCC(=O)OCC(=O)[C@]1(O)CC[C@@H]2[C@@]3(C)C[C@@H](C)C4=CC(=O)C=C[C@@]4(C)[C@@H]3[C@H](O)C[C@]21C. The number of phosphoric acid groups is 1. The minimum atomic E-state index is -4.36. The lowest BCUT2D eigenvalue weighted by Gasteiger charge is -2.66. The number of phosphoric ester groups is 1. The topological polar surface area (TPSA) is 195 Å². The van der Waals surface area contributed by atoms with Crippen LogP contribution >= 0.6 is 7.82 Å². The van der Waals surface area contributed by atoms with Crippen LogP contribution in [0.15, 0.2) is 23.8 Å². The van der Waals surface area contributed by atoms with Crippen LogP contribution in [0.1, 0.15) is 202 Å². The molecule has 4 aliphatic carbocycles. The Morgan fingerprint density at radius 3 is 1.94 bits per heavy atom. The zero-order chi connectivity index (χ0) is 52.1. The molecule has 0 spiro atoms. The number of hydrogen-bond acceptors (Lipinski definition) is 13. The standard InChI is InChI=1S/C56H96NO13P/c1-8-9-10-11-12-13-14-15-16-17-18-19-20-24-27-35-66-40-45(41-69-71(64,65)68-36-34-57(6)7)70-51(62)29-26-23-21-22-25-28-50(61)67-42-49(60)56(63)33-31-48-54(4)38-43(2)46-37-44(58)30-32-53(46,3)52(54)47(59)39-55(48,56)5/h30,32,37,43,45,47-48,52,59,63H,8-29,31,33-36,38-42H2,1-7H3,(H,64,65)/t43-,45?,47-,48-,52+,53-,54-,55-,56-/m1/s1. The van der Waals surface area contributed by atoms with Gasteiger partial charge < -0.3 is 34.2 Å². The van der Waals surface area contributed by atoms with Crippen molar-refractivity contribution in [3.05, 3.63) is 23.8 Å². The van der Waals surface area contributed by atoms with Crippen LogP contribution in [0.5, 0.6) is 0 Å². The van der Waals surface area contributed by atoms with Gasteiger partial charge in [0.25, 0.3) is 0 Å². The maximum absolute atomic E-state index is 13.8. The molecule has 0 radical (unpaired) electrons. The molecule has 0 bridgehead atoms. The fraction of sp³-hybridized carbons (Fsp3) is 0.857. The molecule has 0 aromatic rings.